The number of ether oxygens (including phenoxy) is 1. The zero-order valence-corrected chi connectivity index (χ0v) is 15.8. The number of carbonyl (C=O) groups is 1. The Kier molecular flexibility index (Phi) is 5.08. The summed E-state index contributed by atoms with van der Waals surface area (Å²) < 4.78 is 17.6. The van der Waals surface area contributed by atoms with Gasteiger partial charge in [0, 0.05) is 13.1 Å². The molecule has 0 aliphatic carbocycles. The van der Waals surface area contributed by atoms with Crippen LogP contribution in [-0.4, -0.2) is 48.0 Å². The minimum Gasteiger partial charge on any atom is -0.444 e. The number of nitrogens with zero attached hydrogens (tertiary/aromatic N) is 1. The molecule has 2 aliphatic heterocycles. The van der Waals surface area contributed by atoms with Gasteiger partial charge in [0.1, 0.15) is 5.60 Å². The van der Waals surface area contributed by atoms with E-state index in [1.807, 2.05) is 25.7 Å². The summed E-state index contributed by atoms with van der Waals surface area (Å²) >= 11 is 0. The van der Waals surface area contributed by atoms with Gasteiger partial charge in [-0.25, -0.2) is 4.79 Å². The van der Waals surface area contributed by atoms with E-state index in [0.717, 1.165) is 32.3 Å². The van der Waals surface area contributed by atoms with Crippen LogP contribution in [0.2, 0.25) is 6.32 Å². The van der Waals surface area contributed by atoms with Crippen molar-refractivity contribution in [2.24, 2.45) is 5.92 Å². The number of amides is 1. The fraction of sp³-hybridized carbons (Fsp3) is 0.941. The van der Waals surface area contributed by atoms with Gasteiger partial charge in [0.15, 0.2) is 0 Å². The summed E-state index contributed by atoms with van der Waals surface area (Å²) in [5.41, 5.74) is -0.972. The molecule has 2 fully saturated rings. The Morgan fingerprint density at radius 2 is 1.61 bits per heavy atom. The molecule has 0 aromatic carbocycles. The lowest BCUT2D eigenvalue weighted by molar-refractivity contribution is 0.00578. The summed E-state index contributed by atoms with van der Waals surface area (Å²) in [5, 5.41) is 0. The monoisotopic (exact) mass is 325 g/mol. The van der Waals surface area contributed by atoms with Crippen molar-refractivity contribution < 1.29 is 18.8 Å². The lowest BCUT2D eigenvalue weighted by atomic mass is 9.74. The number of hydrogen-bond acceptors (Lipinski definition) is 4. The van der Waals surface area contributed by atoms with Crippen molar-refractivity contribution in [2.75, 3.05) is 13.1 Å². The van der Waals surface area contributed by atoms with Crippen LogP contribution in [0.5, 0.6) is 0 Å². The van der Waals surface area contributed by atoms with E-state index < -0.39 is 5.60 Å². The lowest BCUT2D eigenvalue weighted by Gasteiger charge is -2.33. The summed E-state index contributed by atoms with van der Waals surface area (Å²) in [5.74, 6) is 0.531. The third-order valence-electron chi connectivity index (χ3n) is 5.09. The van der Waals surface area contributed by atoms with Crippen molar-refractivity contribution in [1.82, 2.24) is 4.90 Å². The van der Waals surface area contributed by atoms with Crippen LogP contribution >= 0.6 is 0 Å². The number of carbonyl (C=O) groups excluding carboxylic acids is 1. The van der Waals surface area contributed by atoms with Gasteiger partial charge in [-0.1, -0.05) is 0 Å². The van der Waals surface area contributed by atoms with Crippen LogP contribution in [-0.2, 0) is 14.0 Å². The summed E-state index contributed by atoms with van der Waals surface area (Å²) in [6, 6.07) is 0. The third-order valence-corrected chi connectivity index (χ3v) is 5.09. The Morgan fingerprint density at radius 3 is 2.04 bits per heavy atom. The summed E-state index contributed by atoms with van der Waals surface area (Å²) in [6.07, 6.45) is 2.65. The van der Waals surface area contributed by atoms with E-state index in [-0.39, 0.29) is 24.4 Å². The first kappa shape index (κ1) is 18.6. The quantitative estimate of drug-likeness (QED) is 0.726. The second-order valence-electron chi connectivity index (χ2n) is 8.83. The molecule has 0 N–H and O–H groups in total. The van der Waals surface area contributed by atoms with Gasteiger partial charge in [-0.2, -0.15) is 0 Å². The minimum absolute atomic E-state index is 0.141. The number of piperidine rings is 1. The van der Waals surface area contributed by atoms with E-state index in [2.05, 4.69) is 27.7 Å². The topological polar surface area (TPSA) is 48.0 Å². The van der Waals surface area contributed by atoms with Gasteiger partial charge in [-0.05, 0) is 73.5 Å². The molecule has 0 spiro atoms. The number of hydrogen-bond donors (Lipinski definition) is 0. The molecule has 0 bridgehead atoms. The van der Waals surface area contributed by atoms with Crippen molar-refractivity contribution in [1.29, 1.82) is 0 Å². The summed E-state index contributed by atoms with van der Waals surface area (Å²) in [7, 11) is -0.141. The van der Waals surface area contributed by atoms with E-state index in [4.69, 9.17) is 14.0 Å². The van der Waals surface area contributed by atoms with E-state index >= 15 is 0 Å². The highest BCUT2D eigenvalue weighted by Gasteiger charge is 2.51. The van der Waals surface area contributed by atoms with Gasteiger partial charge < -0.3 is 18.9 Å². The fourth-order valence-electron chi connectivity index (χ4n) is 3.01. The first-order valence-electron chi connectivity index (χ1n) is 8.73. The highest BCUT2D eigenvalue weighted by Crippen LogP contribution is 2.39. The van der Waals surface area contributed by atoms with Crippen LogP contribution in [0, 0.1) is 5.92 Å². The van der Waals surface area contributed by atoms with Crippen molar-refractivity contribution in [3.8, 4) is 0 Å². The van der Waals surface area contributed by atoms with E-state index in [0.29, 0.717) is 5.92 Å². The molecule has 23 heavy (non-hydrogen) atoms. The first-order chi connectivity index (χ1) is 10.4. The molecule has 2 rings (SSSR count). The molecule has 2 saturated heterocycles. The Balaban J connectivity index is 1.79. The van der Waals surface area contributed by atoms with Gasteiger partial charge in [0.2, 0.25) is 0 Å². The van der Waals surface area contributed by atoms with Crippen LogP contribution in [0.1, 0.15) is 61.3 Å². The van der Waals surface area contributed by atoms with Crippen molar-refractivity contribution in [3.05, 3.63) is 0 Å². The molecule has 0 radical (unpaired) electrons. The molecular formula is C17H32BNO4. The smallest absolute Gasteiger partial charge is 0.444 e. The van der Waals surface area contributed by atoms with Gasteiger partial charge >= 0.3 is 13.2 Å². The standard InChI is InChI=1S/C17H32BNO4/c1-15(2,3)21-14(20)19-10-8-13(9-11-19)12-18-22-16(4,5)17(6,7)23-18/h13H,8-12H2,1-7H3. The molecule has 0 aromatic heterocycles. The van der Waals surface area contributed by atoms with Crippen LogP contribution < -0.4 is 0 Å². The molecule has 1 amide bonds. The Bertz CT molecular complexity index is 420. The van der Waals surface area contributed by atoms with Gasteiger partial charge in [-0.3, -0.25) is 0 Å². The molecule has 0 saturated carbocycles. The van der Waals surface area contributed by atoms with Gasteiger partial charge in [0.05, 0.1) is 11.2 Å². The molecular weight excluding hydrogens is 293 g/mol. The van der Waals surface area contributed by atoms with Crippen molar-refractivity contribution in [3.63, 3.8) is 0 Å². The largest absolute Gasteiger partial charge is 0.458 e. The Morgan fingerprint density at radius 1 is 1.13 bits per heavy atom. The van der Waals surface area contributed by atoms with Gasteiger partial charge in [0.25, 0.3) is 0 Å². The normalized spacial score (nSPS) is 24.8. The molecule has 6 heteroatoms. The molecule has 2 aliphatic rings. The molecule has 2 heterocycles. The first-order valence-corrected chi connectivity index (χ1v) is 8.73. The second kappa shape index (κ2) is 6.28. The number of rotatable bonds is 2. The van der Waals surface area contributed by atoms with E-state index in [1.165, 1.54) is 0 Å². The molecule has 0 unspecified atom stereocenters. The Hall–Kier alpha value is -0.745. The maximum absolute atomic E-state index is 12.1. The molecule has 132 valence electrons. The molecule has 0 aromatic rings. The highest BCUT2D eigenvalue weighted by molar-refractivity contribution is 6.45. The highest BCUT2D eigenvalue weighted by atomic mass is 16.7. The van der Waals surface area contributed by atoms with Crippen LogP contribution in [0.15, 0.2) is 0 Å². The molecule has 5 nitrogen and oxygen atoms in total. The SMILES string of the molecule is CC(C)(C)OC(=O)N1CCC(CB2OC(C)(C)C(C)(C)O2)CC1. The zero-order chi connectivity index (χ0) is 17.5. The maximum atomic E-state index is 12.1. The van der Waals surface area contributed by atoms with E-state index in [1.54, 1.807) is 0 Å². The molecule has 0 atom stereocenters. The fourth-order valence-corrected chi connectivity index (χ4v) is 3.01. The van der Waals surface area contributed by atoms with Crippen LogP contribution in [0.3, 0.4) is 0 Å². The average molecular weight is 325 g/mol. The predicted octanol–water partition coefficient (Wildman–Crippen LogP) is 3.73. The van der Waals surface area contributed by atoms with Crippen molar-refractivity contribution >= 4 is 13.2 Å². The number of likely N-dealkylation sites (tertiary alicyclic amines) is 1. The average Bonchev–Trinajstić information content (AvgIpc) is 2.55. The zero-order valence-electron chi connectivity index (χ0n) is 15.8. The summed E-state index contributed by atoms with van der Waals surface area (Å²) in [4.78, 5) is 13.9. The van der Waals surface area contributed by atoms with Gasteiger partial charge in [-0.15, -0.1) is 0 Å². The minimum atomic E-state index is -0.434. The lowest BCUT2D eigenvalue weighted by Crippen LogP contribution is -2.42. The van der Waals surface area contributed by atoms with E-state index in [9.17, 15) is 4.79 Å². The third kappa shape index (κ3) is 4.63. The van der Waals surface area contributed by atoms with Crippen molar-refractivity contribution in [2.45, 2.75) is 84.4 Å². The second-order valence-corrected chi connectivity index (χ2v) is 8.83. The van der Waals surface area contributed by atoms with Crippen LogP contribution in [0.25, 0.3) is 0 Å². The van der Waals surface area contributed by atoms with Crippen LogP contribution in [0.4, 0.5) is 4.79 Å². The maximum Gasteiger partial charge on any atom is 0.458 e. The predicted molar refractivity (Wildman–Crippen MR) is 91.4 cm³/mol. The Labute approximate surface area is 141 Å². The summed E-state index contributed by atoms with van der Waals surface area (Å²) in [6.45, 7) is 15.5.